The molecule has 0 radical (unpaired) electrons. The number of hydrogen-bond acceptors (Lipinski definition) is 12. The molecule has 0 bridgehead atoms. The van der Waals surface area contributed by atoms with Crippen molar-refractivity contribution >= 4 is 24.2 Å². The van der Waals surface area contributed by atoms with Gasteiger partial charge in [0.05, 0.1) is 39.6 Å². The first-order chi connectivity index (χ1) is 14.9. The first kappa shape index (κ1) is 25.9. The lowest BCUT2D eigenvalue weighted by molar-refractivity contribution is -0.425. The van der Waals surface area contributed by atoms with Gasteiger partial charge in [0.1, 0.15) is 0 Å². The lowest BCUT2D eigenvalue weighted by atomic mass is 10.3. The summed E-state index contributed by atoms with van der Waals surface area (Å²) in [6, 6.07) is 0. The van der Waals surface area contributed by atoms with Gasteiger partial charge in [0, 0.05) is 12.2 Å². The van der Waals surface area contributed by atoms with Crippen LogP contribution >= 0.6 is 0 Å². The third-order valence-corrected chi connectivity index (χ3v) is 3.40. The van der Waals surface area contributed by atoms with Gasteiger partial charge >= 0.3 is 30.4 Å². The first-order valence-corrected chi connectivity index (χ1v) is 9.48. The zero-order valence-corrected chi connectivity index (χ0v) is 17.0. The third kappa shape index (κ3) is 11.6. The molecule has 12 nitrogen and oxygen atoms in total. The average Bonchev–Trinajstić information content (AvgIpc) is 3.19. The second kappa shape index (κ2) is 14.8. The summed E-state index contributed by atoms with van der Waals surface area (Å²) in [7, 11) is 0. The van der Waals surface area contributed by atoms with Crippen LogP contribution in [0.3, 0.4) is 0 Å². The van der Waals surface area contributed by atoms with Gasteiger partial charge in [-0.05, 0) is 25.7 Å². The molecule has 12 heteroatoms. The second-order valence-electron chi connectivity index (χ2n) is 5.76. The molecule has 0 spiro atoms. The Labute approximate surface area is 178 Å². The molecule has 0 aromatic carbocycles. The van der Waals surface area contributed by atoms with Crippen LogP contribution in [0.2, 0.25) is 0 Å². The fourth-order valence-corrected chi connectivity index (χ4v) is 1.96. The largest absolute Gasteiger partial charge is 0.519 e. The molecule has 1 saturated heterocycles. The Bertz CT molecular complexity index is 575. The van der Waals surface area contributed by atoms with E-state index in [1.165, 1.54) is 0 Å². The molecule has 0 saturated carbocycles. The predicted octanol–water partition coefficient (Wildman–Crippen LogP) is 1.97. The van der Waals surface area contributed by atoms with Gasteiger partial charge < -0.3 is 28.4 Å². The van der Waals surface area contributed by atoms with Crippen LogP contribution < -0.4 is 0 Å². The highest BCUT2D eigenvalue weighted by Crippen LogP contribution is 2.24. The molecule has 1 fully saturated rings. The third-order valence-electron chi connectivity index (χ3n) is 3.40. The van der Waals surface area contributed by atoms with Gasteiger partial charge in [-0.15, -0.1) is 0 Å². The highest BCUT2D eigenvalue weighted by atomic mass is 17.1. The van der Waals surface area contributed by atoms with Crippen molar-refractivity contribution in [1.29, 1.82) is 0 Å². The van der Waals surface area contributed by atoms with E-state index in [9.17, 15) is 19.2 Å². The quantitative estimate of drug-likeness (QED) is 0.126. The van der Waals surface area contributed by atoms with E-state index in [1.54, 1.807) is 0 Å². The highest BCUT2D eigenvalue weighted by Gasteiger charge is 2.48. The van der Waals surface area contributed by atoms with Crippen molar-refractivity contribution in [2.24, 2.45) is 0 Å². The Balaban J connectivity index is 2.24. The van der Waals surface area contributed by atoms with Crippen molar-refractivity contribution in [3.8, 4) is 0 Å². The molecule has 0 unspecified atom stereocenters. The summed E-state index contributed by atoms with van der Waals surface area (Å²) in [5.74, 6) is -1.09. The molecule has 1 aliphatic heterocycles. The van der Waals surface area contributed by atoms with Crippen molar-refractivity contribution in [2.75, 3.05) is 39.6 Å². The molecule has 1 heterocycles. The van der Waals surface area contributed by atoms with Crippen LogP contribution in [0.5, 0.6) is 0 Å². The van der Waals surface area contributed by atoms with Crippen molar-refractivity contribution in [1.82, 2.24) is 0 Å². The maximum absolute atomic E-state index is 11.8. The number of hydrogen-bond donors (Lipinski definition) is 0. The van der Waals surface area contributed by atoms with E-state index in [-0.39, 0.29) is 39.6 Å². The van der Waals surface area contributed by atoms with Gasteiger partial charge in [0.25, 0.3) is 0 Å². The van der Waals surface area contributed by atoms with Crippen molar-refractivity contribution in [2.45, 2.75) is 31.8 Å². The minimum Gasteiger partial charge on any atom is -0.463 e. The van der Waals surface area contributed by atoms with Crippen LogP contribution in [-0.2, 0) is 47.5 Å². The molecular formula is C19H26O12. The molecule has 0 aromatic heterocycles. The summed E-state index contributed by atoms with van der Waals surface area (Å²) in [4.78, 5) is 45.3. The van der Waals surface area contributed by atoms with Crippen molar-refractivity contribution < 1.29 is 57.1 Å². The van der Waals surface area contributed by atoms with Crippen LogP contribution in [0, 0.1) is 0 Å². The zero-order chi connectivity index (χ0) is 23.0. The standard InChI is InChI=1S/C19H26O12/c1-3-15(20)24-9-5-7-11-26-17(22)30-19(28-13-14-29-19)31-18(23)27-12-8-6-10-25-16(21)4-2/h3-4H,1-2,5-14H2. The maximum atomic E-state index is 11.8. The summed E-state index contributed by atoms with van der Waals surface area (Å²) in [5, 5.41) is 0. The van der Waals surface area contributed by atoms with Crippen LogP contribution in [0.25, 0.3) is 0 Å². The van der Waals surface area contributed by atoms with E-state index in [4.69, 9.17) is 37.9 Å². The second-order valence-corrected chi connectivity index (χ2v) is 5.76. The zero-order valence-electron chi connectivity index (χ0n) is 17.0. The Morgan fingerprint density at radius 1 is 0.677 bits per heavy atom. The molecule has 1 rings (SSSR count). The van der Waals surface area contributed by atoms with E-state index in [1.807, 2.05) is 0 Å². The van der Waals surface area contributed by atoms with E-state index < -0.39 is 30.4 Å². The average molecular weight is 446 g/mol. The Morgan fingerprint density at radius 2 is 1.03 bits per heavy atom. The first-order valence-electron chi connectivity index (χ1n) is 9.48. The molecule has 174 valence electrons. The number of esters is 2. The monoisotopic (exact) mass is 446 g/mol. The minimum absolute atomic E-state index is 0.00387. The fraction of sp³-hybridized carbons (Fsp3) is 0.579. The van der Waals surface area contributed by atoms with Crippen LogP contribution in [0.4, 0.5) is 9.59 Å². The van der Waals surface area contributed by atoms with E-state index in [0.29, 0.717) is 25.7 Å². The molecule has 0 aromatic rings. The molecule has 0 aliphatic carbocycles. The molecule has 1 aliphatic rings. The van der Waals surface area contributed by atoms with Gasteiger partial charge in [0.2, 0.25) is 0 Å². The number of unbranched alkanes of at least 4 members (excludes halogenated alkanes) is 2. The summed E-state index contributed by atoms with van der Waals surface area (Å²) in [6.45, 7) is 6.74. The molecule has 0 N–H and O–H groups in total. The molecular weight excluding hydrogens is 420 g/mol. The molecule has 0 atom stereocenters. The van der Waals surface area contributed by atoms with Gasteiger partial charge in [-0.2, -0.15) is 0 Å². The number of ether oxygens (including phenoxy) is 8. The lowest BCUT2D eigenvalue weighted by Gasteiger charge is -2.23. The molecule has 31 heavy (non-hydrogen) atoms. The van der Waals surface area contributed by atoms with Crippen LogP contribution in [-0.4, -0.2) is 70.0 Å². The Hall–Kier alpha value is -3.12. The topological polar surface area (TPSA) is 142 Å². The normalized spacial score (nSPS) is 14.1. The fourth-order valence-electron chi connectivity index (χ4n) is 1.96. The van der Waals surface area contributed by atoms with Gasteiger partial charge in [-0.25, -0.2) is 19.2 Å². The Morgan fingerprint density at radius 3 is 1.39 bits per heavy atom. The van der Waals surface area contributed by atoms with Crippen LogP contribution in [0.15, 0.2) is 25.3 Å². The summed E-state index contributed by atoms with van der Waals surface area (Å²) < 4.78 is 38.9. The summed E-state index contributed by atoms with van der Waals surface area (Å²) in [6.07, 6.45) is -1.03. The number of carbonyl (C=O) groups excluding carboxylic acids is 4. The summed E-state index contributed by atoms with van der Waals surface area (Å²) in [5.41, 5.74) is 0. The molecule has 0 amide bonds. The van der Waals surface area contributed by atoms with E-state index in [2.05, 4.69) is 13.2 Å². The Kier molecular flexibility index (Phi) is 12.4. The van der Waals surface area contributed by atoms with Gasteiger partial charge in [0.15, 0.2) is 0 Å². The minimum atomic E-state index is -2.40. The maximum Gasteiger partial charge on any atom is 0.519 e. The lowest BCUT2D eigenvalue weighted by Crippen LogP contribution is -2.41. The van der Waals surface area contributed by atoms with E-state index >= 15 is 0 Å². The van der Waals surface area contributed by atoms with Gasteiger partial charge in [-0.1, -0.05) is 13.2 Å². The van der Waals surface area contributed by atoms with Crippen LogP contribution in [0.1, 0.15) is 25.7 Å². The van der Waals surface area contributed by atoms with Crippen molar-refractivity contribution in [3.05, 3.63) is 25.3 Å². The van der Waals surface area contributed by atoms with Gasteiger partial charge in [-0.3, -0.25) is 9.47 Å². The highest BCUT2D eigenvalue weighted by molar-refractivity contribution is 5.81. The van der Waals surface area contributed by atoms with E-state index in [0.717, 1.165) is 12.2 Å². The van der Waals surface area contributed by atoms with Crippen molar-refractivity contribution in [3.63, 3.8) is 0 Å². The summed E-state index contributed by atoms with van der Waals surface area (Å²) >= 11 is 0. The SMILES string of the molecule is C=CC(=O)OCCCCOC(=O)OC1(OC(=O)OCCCCOC(=O)C=C)OCCO1. The smallest absolute Gasteiger partial charge is 0.463 e. The predicted molar refractivity (Wildman–Crippen MR) is 100 cm³/mol. The number of rotatable bonds is 14. The number of carbonyl (C=O) groups is 4.